The predicted octanol–water partition coefficient (Wildman–Crippen LogP) is -1.25. The van der Waals surface area contributed by atoms with E-state index >= 15 is 0 Å². The van der Waals surface area contributed by atoms with Gasteiger partial charge in [-0.25, -0.2) is 0 Å². The highest BCUT2D eigenvalue weighted by Gasteiger charge is 2.06. The van der Waals surface area contributed by atoms with Crippen LogP contribution >= 0.6 is 0 Å². The molecule has 5 heteroatoms. The Morgan fingerprint density at radius 3 is 2.08 bits per heavy atom. The Morgan fingerprint density at radius 2 is 1.92 bits per heavy atom. The van der Waals surface area contributed by atoms with Crippen molar-refractivity contribution in [2.45, 2.75) is 6.42 Å². The normalized spacial score (nSPS) is 13.7. The van der Waals surface area contributed by atoms with Gasteiger partial charge in [-0.05, 0) is 26.6 Å². The molecule has 0 unspecified atom stereocenters. The molecular weight excluding hydrogens is 170 g/mol. The summed E-state index contributed by atoms with van der Waals surface area (Å²) in [6.07, 6.45) is 3.47. The van der Waals surface area contributed by atoms with Gasteiger partial charge in [-0.3, -0.25) is 14.9 Å². The lowest BCUT2D eigenvalue weighted by Crippen LogP contribution is -2.19. The van der Waals surface area contributed by atoms with Crippen LogP contribution in [0.5, 0.6) is 0 Å². The minimum absolute atomic E-state index is 0.329. The van der Waals surface area contributed by atoms with Gasteiger partial charge in [-0.15, -0.1) is 0 Å². The van der Waals surface area contributed by atoms with Gasteiger partial charge in [0.2, 0.25) is 0 Å². The number of nitrogens with one attached hydrogen (secondary N) is 2. The molecule has 5 nitrogen and oxygen atoms in total. The van der Waals surface area contributed by atoms with Gasteiger partial charge >= 0.3 is 0 Å². The van der Waals surface area contributed by atoms with E-state index in [-0.39, 0.29) is 11.8 Å². The average Bonchev–Trinajstić information content (AvgIpc) is 2.47. The van der Waals surface area contributed by atoms with Gasteiger partial charge in [0.1, 0.15) is 0 Å². The number of carbonyl (C=O) groups excluding carboxylic acids is 2. The summed E-state index contributed by atoms with van der Waals surface area (Å²) >= 11 is 0. The van der Waals surface area contributed by atoms with E-state index in [9.17, 15) is 9.59 Å². The lowest BCUT2D eigenvalue weighted by atomic mass is 10.4. The number of hydrogen-bond donors (Lipinski definition) is 3. The molecule has 4 N–H and O–H groups in total. The molecule has 0 saturated carbocycles. The Hall–Kier alpha value is -1.20. The summed E-state index contributed by atoms with van der Waals surface area (Å²) in [5.41, 5.74) is 5.17. The first-order valence-electron chi connectivity index (χ1n) is 4.08. The number of carbonyl (C=O) groups is 2. The van der Waals surface area contributed by atoms with Gasteiger partial charge in [0.25, 0.3) is 11.8 Å². The van der Waals surface area contributed by atoms with E-state index in [0.717, 1.165) is 19.5 Å². The molecule has 1 rings (SSSR count). The van der Waals surface area contributed by atoms with E-state index in [4.69, 9.17) is 5.73 Å². The van der Waals surface area contributed by atoms with Gasteiger partial charge in [0, 0.05) is 12.2 Å². The third-order valence-corrected chi connectivity index (χ3v) is 1.26. The molecule has 74 valence electrons. The lowest BCUT2D eigenvalue weighted by molar-refractivity contribution is -0.123. The van der Waals surface area contributed by atoms with Gasteiger partial charge in [-0.2, -0.15) is 0 Å². The third kappa shape index (κ3) is 7.17. The molecule has 0 bridgehead atoms. The van der Waals surface area contributed by atoms with Crippen molar-refractivity contribution >= 4 is 11.8 Å². The third-order valence-electron chi connectivity index (χ3n) is 1.26. The van der Waals surface area contributed by atoms with Crippen LogP contribution in [0.1, 0.15) is 6.42 Å². The van der Waals surface area contributed by atoms with Crippen molar-refractivity contribution in [3.8, 4) is 0 Å². The molecule has 13 heavy (non-hydrogen) atoms. The highest BCUT2D eigenvalue weighted by atomic mass is 16.2. The van der Waals surface area contributed by atoms with Crippen LogP contribution < -0.4 is 16.4 Å². The predicted molar refractivity (Wildman–Crippen MR) is 49.9 cm³/mol. The smallest absolute Gasteiger partial charge is 0.250 e. The van der Waals surface area contributed by atoms with Crippen molar-refractivity contribution in [1.29, 1.82) is 0 Å². The summed E-state index contributed by atoms with van der Waals surface area (Å²) in [6.45, 7) is 1.83. The molecular formula is C8H15N3O2. The fourth-order valence-electron chi connectivity index (χ4n) is 0.635. The lowest BCUT2D eigenvalue weighted by Gasteiger charge is -1.90. The molecule has 1 aliphatic rings. The second-order valence-electron chi connectivity index (χ2n) is 2.43. The summed E-state index contributed by atoms with van der Waals surface area (Å²) < 4.78 is 0. The van der Waals surface area contributed by atoms with Crippen molar-refractivity contribution < 1.29 is 9.59 Å². The zero-order valence-electron chi connectivity index (χ0n) is 7.67. The molecule has 0 aromatic rings. The largest absolute Gasteiger partial charge is 0.330 e. The Balaban J connectivity index is 0.000000226. The summed E-state index contributed by atoms with van der Waals surface area (Å²) in [5, 5.41) is 5.02. The highest BCUT2D eigenvalue weighted by molar-refractivity contribution is 6.12. The number of rotatable bonds is 3. The molecule has 0 atom stereocenters. The molecule has 0 aromatic carbocycles. The molecule has 0 spiro atoms. The van der Waals surface area contributed by atoms with Gasteiger partial charge < -0.3 is 11.1 Å². The maximum atomic E-state index is 10.0. The molecule has 1 aliphatic heterocycles. The minimum Gasteiger partial charge on any atom is -0.330 e. The molecule has 0 fully saturated rings. The van der Waals surface area contributed by atoms with Crippen molar-refractivity contribution in [2.24, 2.45) is 5.73 Å². The van der Waals surface area contributed by atoms with E-state index in [1.54, 1.807) is 0 Å². The SMILES string of the molecule is CNCCCN.O=C1C=CC(=O)N1. The summed E-state index contributed by atoms with van der Waals surface area (Å²) in [6, 6.07) is 0. The Kier molecular flexibility index (Phi) is 6.76. The molecule has 1 heterocycles. The zero-order valence-corrected chi connectivity index (χ0v) is 7.67. The number of hydrogen-bond acceptors (Lipinski definition) is 4. The Bertz CT molecular complexity index is 182. The number of nitrogens with two attached hydrogens (primary N) is 1. The van der Waals surface area contributed by atoms with Gasteiger partial charge in [0.05, 0.1) is 0 Å². The maximum Gasteiger partial charge on any atom is 0.250 e. The van der Waals surface area contributed by atoms with Gasteiger partial charge in [0.15, 0.2) is 0 Å². The highest BCUT2D eigenvalue weighted by Crippen LogP contribution is 1.82. The second-order valence-corrected chi connectivity index (χ2v) is 2.43. The topological polar surface area (TPSA) is 84.2 Å². The Labute approximate surface area is 77.4 Å². The minimum atomic E-state index is -0.329. The van der Waals surface area contributed by atoms with Crippen LogP contribution in [0.25, 0.3) is 0 Å². The quantitative estimate of drug-likeness (QED) is 0.379. The molecule has 0 aliphatic carbocycles. The average molecular weight is 185 g/mol. The van der Waals surface area contributed by atoms with Crippen molar-refractivity contribution in [3.63, 3.8) is 0 Å². The van der Waals surface area contributed by atoms with Gasteiger partial charge in [-0.1, -0.05) is 0 Å². The number of imide groups is 1. The second kappa shape index (κ2) is 7.45. The first kappa shape index (κ1) is 11.8. The van der Waals surface area contributed by atoms with E-state index < -0.39 is 0 Å². The zero-order chi connectivity index (χ0) is 10.1. The molecule has 0 radical (unpaired) electrons. The Morgan fingerprint density at radius 1 is 1.38 bits per heavy atom. The fraction of sp³-hybridized carbons (Fsp3) is 0.500. The monoisotopic (exact) mass is 185 g/mol. The van der Waals surface area contributed by atoms with E-state index in [0.29, 0.717) is 0 Å². The van der Waals surface area contributed by atoms with Crippen molar-refractivity contribution in [2.75, 3.05) is 20.1 Å². The van der Waals surface area contributed by atoms with Crippen molar-refractivity contribution in [1.82, 2.24) is 10.6 Å². The van der Waals surface area contributed by atoms with Crippen LogP contribution in [0.2, 0.25) is 0 Å². The van der Waals surface area contributed by atoms with Crippen LogP contribution in [0, 0.1) is 0 Å². The standard InChI is InChI=1S/C4H12N2.C4H3NO2/c1-6-4-2-3-5;6-3-1-2-4(7)5-3/h6H,2-5H2,1H3;1-2H,(H,5,6,7). The van der Waals surface area contributed by atoms with E-state index in [1.807, 2.05) is 12.4 Å². The van der Waals surface area contributed by atoms with Crippen LogP contribution in [0.4, 0.5) is 0 Å². The summed E-state index contributed by atoms with van der Waals surface area (Å²) in [5.74, 6) is -0.657. The number of amides is 2. The molecule has 2 amide bonds. The fourth-order valence-corrected chi connectivity index (χ4v) is 0.635. The summed E-state index contributed by atoms with van der Waals surface area (Å²) in [4.78, 5) is 20.1. The van der Waals surface area contributed by atoms with Crippen LogP contribution in [-0.4, -0.2) is 32.0 Å². The van der Waals surface area contributed by atoms with Crippen LogP contribution in [-0.2, 0) is 9.59 Å². The summed E-state index contributed by atoms with van der Waals surface area (Å²) in [7, 11) is 1.93. The molecule has 0 aromatic heterocycles. The van der Waals surface area contributed by atoms with Crippen LogP contribution in [0.15, 0.2) is 12.2 Å². The van der Waals surface area contributed by atoms with Crippen molar-refractivity contribution in [3.05, 3.63) is 12.2 Å². The molecule has 0 saturated heterocycles. The maximum absolute atomic E-state index is 10.0. The first-order chi connectivity index (χ1) is 6.20. The van der Waals surface area contributed by atoms with Crippen LogP contribution in [0.3, 0.4) is 0 Å². The van der Waals surface area contributed by atoms with E-state index in [1.165, 1.54) is 12.2 Å². The van der Waals surface area contributed by atoms with E-state index in [2.05, 4.69) is 5.32 Å². The first-order valence-corrected chi connectivity index (χ1v) is 4.08.